The number of aromatic hydroxyl groups is 2. The van der Waals surface area contributed by atoms with Gasteiger partial charge in [-0.15, -0.1) is 0 Å². The van der Waals surface area contributed by atoms with Crippen LogP contribution in [0, 0.1) is 0 Å². The number of fused-ring (bicyclic) bond motifs is 6. The Kier molecular flexibility index (Phi) is 9.56. The van der Waals surface area contributed by atoms with Gasteiger partial charge < -0.3 is 41.4 Å². The third kappa shape index (κ3) is 6.45. The summed E-state index contributed by atoms with van der Waals surface area (Å²) in [5, 5.41) is 28.6. The first-order valence-electron chi connectivity index (χ1n) is 18.9. The summed E-state index contributed by atoms with van der Waals surface area (Å²) in [6.45, 7) is 5.00. The minimum absolute atomic E-state index is 0.00824. The Bertz CT molecular complexity index is 2890. The molecule has 8 aromatic rings. The fourth-order valence-electron chi connectivity index (χ4n) is 8.32. The summed E-state index contributed by atoms with van der Waals surface area (Å²) in [6.07, 6.45) is -12.2. The van der Waals surface area contributed by atoms with Gasteiger partial charge in [-0.2, -0.15) is 26.3 Å². The van der Waals surface area contributed by atoms with Gasteiger partial charge in [-0.1, -0.05) is 12.1 Å². The molecule has 0 bridgehead atoms. The zero-order valence-electron chi connectivity index (χ0n) is 32.3. The highest BCUT2D eigenvalue weighted by molar-refractivity contribution is 6.15. The highest BCUT2D eigenvalue weighted by Gasteiger charge is 2.72. The van der Waals surface area contributed by atoms with Crippen LogP contribution in [0.3, 0.4) is 0 Å². The summed E-state index contributed by atoms with van der Waals surface area (Å²) in [7, 11) is 0. The van der Waals surface area contributed by atoms with Gasteiger partial charge in [-0.3, -0.25) is 9.59 Å². The minimum Gasteiger partial charge on any atom is -0.506 e. The molecule has 2 aromatic heterocycles. The predicted octanol–water partition coefficient (Wildman–Crippen LogP) is 10.4. The van der Waals surface area contributed by atoms with Crippen LogP contribution in [0.1, 0.15) is 45.7 Å². The van der Waals surface area contributed by atoms with E-state index in [1.54, 1.807) is 36.4 Å². The summed E-state index contributed by atoms with van der Waals surface area (Å²) >= 11 is 0. The number of rotatable bonds is 8. The number of alkyl halides is 6. The summed E-state index contributed by atoms with van der Waals surface area (Å²) in [5.41, 5.74) is 6.98. The van der Waals surface area contributed by atoms with E-state index < -0.39 is 63.6 Å². The SMILES string of the molecule is CCn1c2ccc(N)cc2c2cc(C(=O)Nc3cc(C(c4ccc(O)c(NC(=O)c5ccc6c(c5)c5cc(N)ccc5n6CC)c4)(C(F)(F)F)C(F)(F)F)ccc3O)ccc21. The van der Waals surface area contributed by atoms with Crippen molar-refractivity contribution in [3.05, 3.63) is 131 Å². The first kappa shape index (κ1) is 40.4. The lowest BCUT2D eigenvalue weighted by Gasteiger charge is -2.38. The number of aromatic nitrogens is 2. The molecular weight excluding hydrogens is 803 g/mol. The van der Waals surface area contributed by atoms with Crippen LogP contribution < -0.4 is 22.1 Å². The monoisotopic (exact) mass is 838 g/mol. The number of nitrogens with one attached hydrogen (secondary N) is 2. The van der Waals surface area contributed by atoms with E-state index in [4.69, 9.17) is 11.5 Å². The standard InChI is InChI=1S/C45H36F6N6O4/c1-3-56-35-11-5-23(17-29(35)31-21-27(52)9-13-37(31)56)41(60)54-33-19-25(7-15-39(33)58)43(44(46,47)48,45(49,50)51)26-8-16-40(59)34(20-26)55-42(61)24-6-12-36-30(18-24)32-22-28(53)10-14-38(32)57(36)4-2/h5-22,58-59H,3-4,52-53H2,1-2H3,(H,54,60)(H,55,61). The fourth-order valence-corrected chi connectivity index (χ4v) is 8.32. The van der Waals surface area contributed by atoms with E-state index >= 15 is 26.3 Å². The predicted molar refractivity (Wildman–Crippen MR) is 224 cm³/mol. The van der Waals surface area contributed by atoms with Crippen molar-refractivity contribution in [2.24, 2.45) is 0 Å². The fraction of sp³-hybridized carbons (Fsp3) is 0.156. The van der Waals surface area contributed by atoms with Gasteiger partial charge in [-0.25, -0.2) is 0 Å². The number of benzene rings is 6. The lowest BCUT2D eigenvalue weighted by molar-refractivity contribution is -0.288. The van der Waals surface area contributed by atoms with Crippen LogP contribution in [0.15, 0.2) is 109 Å². The highest BCUT2D eigenvalue weighted by atomic mass is 19.4. The number of carbonyl (C=O) groups is 2. The number of hydrogen-bond donors (Lipinski definition) is 6. The Morgan fingerprint density at radius 1 is 0.525 bits per heavy atom. The molecule has 312 valence electrons. The Morgan fingerprint density at radius 3 is 1.21 bits per heavy atom. The van der Waals surface area contributed by atoms with Crippen LogP contribution in [0.5, 0.6) is 11.5 Å². The molecule has 0 spiro atoms. The zero-order valence-corrected chi connectivity index (χ0v) is 32.3. The van der Waals surface area contributed by atoms with Crippen molar-refractivity contribution in [2.75, 3.05) is 22.1 Å². The number of nitrogens with two attached hydrogens (primary N) is 2. The molecule has 8 N–H and O–H groups in total. The molecule has 0 unspecified atom stereocenters. The normalized spacial score (nSPS) is 12.5. The molecule has 0 atom stereocenters. The van der Waals surface area contributed by atoms with Gasteiger partial charge in [0.1, 0.15) is 11.5 Å². The molecule has 0 fully saturated rings. The van der Waals surface area contributed by atoms with Crippen molar-refractivity contribution < 1.29 is 46.1 Å². The number of aryl methyl sites for hydroxylation is 2. The van der Waals surface area contributed by atoms with E-state index in [0.29, 0.717) is 82.4 Å². The van der Waals surface area contributed by atoms with E-state index in [0.717, 1.165) is 22.1 Å². The number of hydrogen-bond acceptors (Lipinski definition) is 6. The third-order valence-corrected chi connectivity index (χ3v) is 11.1. The summed E-state index contributed by atoms with van der Waals surface area (Å²) < 4.78 is 96.3. The Hall–Kier alpha value is -7.36. The maximum Gasteiger partial charge on any atom is 0.411 e. The van der Waals surface area contributed by atoms with Crippen LogP contribution in [0.25, 0.3) is 43.6 Å². The summed E-state index contributed by atoms with van der Waals surface area (Å²) in [4.78, 5) is 27.2. The second-order valence-electron chi connectivity index (χ2n) is 14.6. The van der Waals surface area contributed by atoms with Crippen molar-refractivity contribution in [3.8, 4) is 11.5 Å². The van der Waals surface area contributed by atoms with Crippen molar-refractivity contribution in [3.63, 3.8) is 0 Å². The molecule has 0 aliphatic carbocycles. The van der Waals surface area contributed by atoms with Gasteiger partial charge in [0.05, 0.1) is 11.4 Å². The molecule has 0 saturated carbocycles. The second-order valence-corrected chi connectivity index (χ2v) is 14.6. The lowest BCUT2D eigenvalue weighted by Crippen LogP contribution is -2.54. The molecule has 0 saturated heterocycles. The lowest BCUT2D eigenvalue weighted by atomic mass is 9.72. The Balaban J connectivity index is 1.17. The van der Waals surface area contributed by atoms with Gasteiger partial charge >= 0.3 is 12.4 Å². The topological polar surface area (TPSA) is 161 Å². The molecule has 61 heavy (non-hydrogen) atoms. The van der Waals surface area contributed by atoms with Crippen LogP contribution in [-0.2, 0) is 18.5 Å². The Morgan fingerprint density at radius 2 is 0.869 bits per heavy atom. The number of amides is 2. The van der Waals surface area contributed by atoms with Gasteiger partial charge in [0, 0.05) is 79.2 Å². The molecule has 0 aliphatic rings. The number of halogens is 6. The molecule has 16 heteroatoms. The van der Waals surface area contributed by atoms with E-state index in [1.165, 1.54) is 24.3 Å². The Labute approximate surface area is 342 Å². The smallest absolute Gasteiger partial charge is 0.411 e. The van der Waals surface area contributed by atoms with Crippen molar-refractivity contribution in [2.45, 2.75) is 44.7 Å². The van der Waals surface area contributed by atoms with Crippen LogP contribution in [0.4, 0.5) is 49.1 Å². The number of phenolic OH excluding ortho intramolecular Hbond substituents is 2. The number of phenols is 2. The largest absolute Gasteiger partial charge is 0.506 e. The van der Waals surface area contributed by atoms with Crippen LogP contribution in [-0.4, -0.2) is 43.5 Å². The van der Waals surface area contributed by atoms with E-state index in [9.17, 15) is 19.8 Å². The number of anilines is 4. The average Bonchev–Trinajstić information content (AvgIpc) is 3.69. The zero-order chi connectivity index (χ0) is 43.8. The molecule has 0 radical (unpaired) electrons. The van der Waals surface area contributed by atoms with Crippen LogP contribution in [0.2, 0.25) is 0 Å². The summed E-state index contributed by atoms with van der Waals surface area (Å²) in [5.74, 6) is -3.49. The average molecular weight is 839 g/mol. The third-order valence-electron chi connectivity index (χ3n) is 11.1. The van der Waals surface area contributed by atoms with Crippen LogP contribution >= 0.6 is 0 Å². The molecule has 2 heterocycles. The van der Waals surface area contributed by atoms with E-state index in [1.807, 2.05) is 35.1 Å². The van der Waals surface area contributed by atoms with E-state index in [2.05, 4.69) is 10.6 Å². The van der Waals surface area contributed by atoms with Crippen molar-refractivity contribution in [1.82, 2.24) is 9.13 Å². The summed E-state index contributed by atoms with van der Waals surface area (Å²) in [6, 6.07) is 22.6. The van der Waals surface area contributed by atoms with Gasteiger partial charge in [0.2, 0.25) is 5.41 Å². The molecule has 8 rings (SSSR count). The molecular formula is C45H36F6N6O4. The molecule has 10 nitrogen and oxygen atoms in total. The molecule has 0 aliphatic heterocycles. The number of nitrogen functional groups attached to an aromatic ring is 2. The maximum absolute atomic E-state index is 15.4. The first-order chi connectivity index (χ1) is 28.9. The van der Waals surface area contributed by atoms with Gasteiger partial charge in [0.15, 0.2) is 0 Å². The highest BCUT2D eigenvalue weighted by Crippen LogP contribution is 2.57. The minimum atomic E-state index is -6.11. The first-order valence-corrected chi connectivity index (χ1v) is 18.9. The number of carbonyl (C=O) groups excluding carboxylic acids is 2. The van der Waals surface area contributed by atoms with Gasteiger partial charge in [0.25, 0.3) is 11.8 Å². The quantitative estimate of drug-likeness (QED) is 0.0507. The number of nitrogens with zero attached hydrogens (tertiary/aromatic N) is 2. The maximum atomic E-state index is 15.4. The van der Waals surface area contributed by atoms with Crippen molar-refractivity contribution >= 4 is 78.2 Å². The van der Waals surface area contributed by atoms with Crippen molar-refractivity contribution in [1.29, 1.82) is 0 Å². The second kappa shape index (κ2) is 14.4. The molecule has 2 amide bonds. The van der Waals surface area contributed by atoms with E-state index in [-0.39, 0.29) is 11.1 Å². The molecule has 6 aromatic carbocycles. The van der Waals surface area contributed by atoms with Gasteiger partial charge in [-0.05, 0) is 122 Å².